The van der Waals surface area contributed by atoms with Gasteiger partial charge in [-0.3, -0.25) is 4.79 Å². The minimum absolute atomic E-state index is 0.148. The van der Waals surface area contributed by atoms with Gasteiger partial charge in [-0.2, -0.15) is 0 Å². The Bertz CT molecular complexity index is 386. The summed E-state index contributed by atoms with van der Waals surface area (Å²) < 4.78 is 0. The number of fused-ring (bicyclic) bond motifs is 1. The van der Waals surface area contributed by atoms with Crippen LogP contribution in [0, 0.1) is 5.92 Å². The molecule has 0 saturated heterocycles. The topological polar surface area (TPSA) is 17.1 Å². The lowest BCUT2D eigenvalue weighted by Crippen LogP contribution is -2.15. The number of Topliss-reactive ketones (excluding diaryl/α,β-unsaturated/α-hetero) is 1. The number of carbonyl (C=O) groups excluding carboxylic acids is 1. The second-order valence-corrected chi connectivity index (χ2v) is 5.65. The Morgan fingerprint density at radius 3 is 3.00 bits per heavy atom. The van der Waals surface area contributed by atoms with Gasteiger partial charge in [-0.25, -0.2) is 0 Å². The second-order valence-electron chi connectivity index (χ2n) is 4.59. The predicted octanol–water partition coefficient (Wildman–Crippen LogP) is 3.88. The van der Waals surface area contributed by atoms with Gasteiger partial charge in [0.2, 0.25) is 0 Å². The molecule has 0 radical (unpaired) electrons. The van der Waals surface area contributed by atoms with Gasteiger partial charge in [0.25, 0.3) is 0 Å². The Balaban J connectivity index is 2.10. The molecule has 1 heterocycles. The first kappa shape index (κ1) is 11.7. The first-order valence-corrected chi connectivity index (χ1v) is 6.95. The van der Waals surface area contributed by atoms with Crippen LogP contribution < -0.4 is 0 Å². The van der Waals surface area contributed by atoms with Crippen molar-refractivity contribution in [2.45, 2.75) is 37.5 Å². The number of benzene rings is 1. The van der Waals surface area contributed by atoms with Crippen LogP contribution in [0.1, 0.15) is 38.2 Å². The minimum atomic E-state index is 0.148. The molecule has 0 aliphatic carbocycles. The Morgan fingerprint density at radius 2 is 2.25 bits per heavy atom. The first-order valence-electron chi connectivity index (χ1n) is 5.96. The van der Waals surface area contributed by atoms with Gasteiger partial charge < -0.3 is 0 Å². The number of hydrogen-bond acceptors (Lipinski definition) is 2. The highest BCUT2D eigenvalue weighted by atomic mass is 32.2. The molecule has 0 amide bonds. The highest BCUT2D eigenvalue weighted by Crippen LogP contribution is 2.40. The maximum absolute atomic E-state index is 12.2. The number of thioether (sulfide) groups is 1. The van der Waals surface area contributed by atoms with Crippen LogP contribution in [0.15, 0.2) is 29.2 Å². The highest BCUT2D eigenvalue weighted by Gasteiger charge is 2.28. The zero-order chi connectivity index (χ0) is 11.5. The Morgan fingerprint density at radius 1 is 1.50 bits per heavy atom. The van der Waals surface area contributed by atoms with E-state index in [0.29, 0.717) is 11.7 Å². The molecule has 0 N–H and O–H groups in total. The average molecular weight is 234 g/mol. The Kier molecular flexibility index (Phi) is 3.70. The minimum Gasteiger partial charge on any atom is -0.299 e. The van der Waals surface area contributed by atoms with E-state index in [4.69, 9.17) is 0 Å². The summed E-state index contributed by atoms with van der Waals surface area (Å²) in [5.41, 5.74) is 1.25. The van der Waals surface area contributed by atoms with Crippen LogP contribution in [0.5, 0.6) is 0 Å². The van der Waals surface area contributed by atoms with Crippen molar-refractivity contribution in [2.75, 3.05) is 5.75 Å². The van der Waals surface area contributed by atoms with E-state index in [1.54, 1.807) is 0 Å². The van der Waals surface area contributed by atoms with Gasteiger partial charge in [-0.15, -0.1) is 11.8 Å². The molecular formula is C14H18OS. The van der Waals surface area contributed by atoms with Gasteiger partial charge in [0.05, 0.1) is 5.92 Å². The lowest BCUT2D eigenvalue weighted by atomic mass is 9.90. The van der Waals surface area contributed by atoms with Crippen molar-refractivity contribution in [2.24, 2.45) is 5.92 Å². The summed E-state index contributed by atoms with van der Waals surface area (Å²) in [7, 11) is 0. The van der Waals surface area contributed by atoms with Crippen molar-refractivity contribution in [1.29, 1.82) is 0 Å². The lowest BCUT2D eigenvalue weighted by Gasteiger charge is -2.12. The quantitative estimate of drug-likeness (QED) is 0.786. The molecule has 1 aromatic carbocycles. The van der Waals surface area contributed by atoms with E-state index in [-0.39, 0.29) is 5.92 Å². The summed E-state index contributed by atoms with van der Waals surface area (Å²) in [6.45, 7) is 4.31. The predicted molar refractivity (Wildman–Crippen MR) is 69.0 cm³/mol. The van der Waals surface area contributed by atoms with E-state index in [2.05, 4.69) is 26.0 Å². The molecule has 0 fully saturated rings. The Labute approximate surface area is 102 Å². The van der Waals surface area contributed by atoms with E-state index >= 15 is 0 Å². The van der Waals surface area contributed by atoms with Gasteiger partial charge in [0, 0.05) is 17.1 Å². The maximum atomic E-state index is 12.2. The van der Waals surface area contributed by atoms with Crippen molar-refractivity contribution in [3.05, 3.63) is 29.8 Å². The molecule has 0 aromatic heterocycles. The van der Waals surface area contributed by atoms with E-state index in [9.17, 15) is 4.79 Å². The van der Waals surface area contributed by atoms with Gasteiger partial charge in [-0.05, 0) is 17.5 Å². The van der Waals surface area contributed by atoms with E-state index in [1.165, 1.54) is 10.5 Å². The van der Waals surface area contributed by atoms with Crippen molar-refractivity contribution in [3.8, 4) is 0 Å². The van der Waals surface area contributed by atoms with E-state index < -0.39 is 0 Å². The van der Waals surface area contributed by atoms with Crippen molar-refractivity contribution < 1.29 is 4.79 Å². The van der Waals surface area contributed by atoms with Crippen LogP contribution in [0.2, 0.25) is 0 Å². The average Bonchev–Trinajstić information content (AvgIpc) is 2.72. The molecule has 86 valence electrons. The fraction of sp³-hybridized carbons (Fsp3) is 0.500. The molecule has 1 nitrogen and oxygen atoms in total. The van der Waals surface area contributed by atoms with E-state index in [1.807, 2.05) is 23.9 Å². The largest absolute Gasteiger partial charge is 0.299 e. The third-order valence-electron chi connectivity index (χ3n) is 3.34. The summed E-state index contributed by atoms with van der Waals surface area (Å²) in [5, 5.41) is 0. The molecule has 2 unspecified atom stereocenters. The molecule has 1 aliphatic rings. The Hall–Kier alpha value is -0.760. The van der Waals surface area contributed by atoms with Crippen LogP contribution >= 0.6 is 11.8 Å². The highest BCUT2D eigenvalue weighted by molar-refractivity contribution is 7.99. The first-order chi connectivity index (χ1) is 7.72. The molecule has 0 spiro atoms. The van der Waals surface area contributed by atoms with Gasteiger partial charge in [0.15, 0.2) is 0 Å². The monoisotopic (exact) mass is 234 g/mol. The number of hydrogen-bond donors (Lipinski definition) is 0. The second kappa shape index (κ2) is 5.05. The van der Waals surface area contributed by atoms with Crippen LogP contribution in [0.4, 0.5) is 0 Å². The fourth-order valence-electron chi connectivity index (χ4n) is 2.06. The molecule has 2 atom stereocenters. The van der Waals surface area contributed by atoms with Crippen molar-refractivity contribution in [1.82, 2.24) is 0 Å². The zero-order valence-electron chi connectivity index (χ0n) is 9.90. The normalized spacial score (nSPS) is 20.5. The molecule has 2 rings (SSSR count). The molecule has 1 aliphatic heterocycles. The number of carbonyl (C=O) groups is 1. The molecular weight excluding hydrogens is 216 g/mol. The van der Waals surface area contributed by atoms with Gasteiger partial charge in [0.1, 0.15) is 5.78 Å². The third-order valence-corrected chi connectivity index (χ3v) is 4.52. The number of ketones is 1. The maximum Gasteiger partial charge on any atom is 0.141 e. The van der Waals surface area contributed by atoms with E-state index in [0.717, 1.165) is 18.6 Å². The molecule has 2 heteroatoms. The molecule has 16 heavy (non-hydrogen) atoms. The fourth-order valence-corrected chi connectivity index (χ4v) is 3.32. The van der Waals surface area contributed by atoms with Crippen LogP contribution in [-0.2, 0) is 4.79 Å². The molecule has 1 aromatic rings. The van der Waals surface area contributed by atoms with Crippen LogP contribution in [0.3, 0.4) is 0 Å². The van der Waals surface area contributed by atoms with Crippen molar-refractivity contribution >= 4 is 17.5 Å². The molecule has 0 bridgehead atoms. The van der Waals surface area contributed by atoms with Gasteiger partial charge >= 0.3 is 0 Å². The summed E-state index contributed by atoms with van der Waals surface area (Å²) in [5.74, 6) is 2.03. The smallest absolute Gasteiger partial charge is 0.141 e. The number of rotatable bonds is 4. The summed E-state index contributed by atoms with van der Waals surface area (Å²) >= 11 is 1.82. The van der Waals surface area contributed by atoms with Crippen molar-refractivity contribution in [3.63, 3.8) is 0 Å². The lowest BCUT2D eigenvalue weighted by molar-refractivity contribution is -0.120. The SMILES string of the molecule is CCC(C)CC(=O)C1CSc2ccccc21. The third kappa shape index (κ3) is 2.32. The standard InChI is InChI=1S/C14H18OS/c1-3-10(2)8-13(15)12-9-16-14-7-5-4-6-11(12)14/h4-7,10,12H,3,8-9H2,1-2H3. The van der Waals surface area contributed by atoms with Crippen LogP contribution in [-0.4, -0.2) is 11.5 Å². The van der Waals surface area contributed by atoms with Crippen LogP contribution in [0.25, 0.3) is 0 Å². The zero-order valence-corrected chi connectivity index (χ0v) is 10.7. The van der Waals surface area contributed by atoms with Gasteiger partial charge in [-0.1, -0.05) is 38.5 Å². The summed E-state index contributed by atoms with van der Waals surface area (Å²) in [4.78, 5) is 13.5. The molecule has 0 saturated carbocycles. The summed E-state index contributed by atoms with van der Waals surface area (Å²) in [6.07, 6.45) is 1.82. The summed E-state index contributed by atoms with van der Waals surface area (Å²) in [6, 6.07) is 8.31.